The number of nitrogens with zero attached hydrogens (tertiary/aromatic N) is 1. The van der Waals surface area contributed by atoms with E-state index in [4.69, 9.17) is 4.74 Å². The number of hydrogen-bond acceptors (Lipinski definition) is 3. The molecule has 1 aromatic carbocycles. The Labute approximate surface area is 143 Å². The van der Waals surface area contributed by atoms with Crippen molar-refractivity contribution in [3.05, 3.63) is 42.1 Å². The van der Waals surface area contributed by atoms with E-state index in [0.29, 0.717) is 18.5 Å². The first-order valence-electron chi connectivity index (χ1n) is 8.26. The number of pyridine rings is 1. The van der Waals surface area contributed by atoms with Gasteiger partial charge >= 0.3 is 6.18 Å². The first kappa shape index (κ1) is 17.7. The molecule has 1 heterocycles. The molecule has 2 aromatic rings. The molecule has 1 aliphatic carbocycles. The second-order valence-electron chi connectivity index (χ2n) is 6.27. The molecule has 3 rings (SSSR count). The summed E-state index contributed by atoms with van der Waals surface area (Å²) in [5.74, 6) is -0.313. The van der Waals surface area contributed by atoms with E-state index in [1.807, 2.05) is 30.3 Å². The number of ether oxygens (including phenoxy) is 1. The van der Waals surface area contributed by atoms with E-state index in [1.54, 1.807) is 6.07 Å². The van der Waals surface area contributed by atoms with Crippen molar-refractivity contribution in [1.29, 1.82) is 0 Å². The largest absolute Gasteiger partial charge is 0.411 e. The number of fused-ring (bicyclic) bond motifs is 1. The number of rotatable bonds is 4. The normalized spacial score (nSPS) is 21.2. The van der Waals surface area contributed by atoms with Crippen LogP contribution in [0.5, 0.6) is 0 Å². The third-order valence-electron chi connectivity index (χ3n) is 4.28. The van der Waals surface area contributed by atoms with Gasteiger partial charge < -0.3 is 10.1 Å². The number of nitrogens with one attached hydrogen (secondary N) is 1. The molecule has 25 heavy (non-hydrogen) atoms. The summed E-state index contributed by atoms with van der Waals surface area (Å²) >= 11 is 0. The van der Waals surface area contributed by atoms with Gasteiger partial charge in [0.05, 0.1) is 11.6 Å². The molecule has 4 nitrogen and oxygen atoms in total. The summed E-state index contributed by atoms with van der Waals surface area (Å²) < 4.78 is 41.7. The molecule has 1 N–H and O–H groups in total. The molecule has 1 fully saturated rings. The second kappa shape index (κ2) is 7.39. The van der Waals surface area contributed by atoms with Gasteiger partial charge in [0.25, 0.3) is 5.91 Å². The number of para-hydroxylation sites is 1. The van der Waals surface area contributed by atoms with Crippen LogP contribution in [0, 0.1) is 0 Å². The lowest BCUT2D eigenvalue weighted by molar-refractivity contribution is -0.188. The van der Waals surface area contributed by atoms with Crippen LogP contribution >= 0.6 is 0 Å². The number of aromatic nitrogens is 1. The molecule has 0 spiro atoms. The molecule has 1 aliphatic rings. The summed E-state index contributed by atoms with van der Waals surface area (Å²) in [6.45, 7) is -1.25. The summed E-state index contributed by atoms with van der Waals surface area (Å²) in [5, 5.41) is 3.81. The van der Waals surface area contributed by atoms with E-state index >= 15 is 0 Å². The SMILES string of the molecule is O=C(N[C@@H]1CCC[C@H](OCC(F)(F)F)C1)c1ccc2ccccc2n1. The lowest BCUT2D eigenvalue weighted by atomic mass is 9.92. The molecule has 7 heteroatoms. The van der Waals surface area contributed by atoms with Crippen molar-refractivity contribution in [3.63, 3.8) is 0 Å². The van der Waals surface area contributed by atoms with Gasteiger partial charge in [-0.2, -0.15) is 13.2 Å². The molecular weight excluding hydrogens is 333 g/mol. The van der Waals surface area contributed by atoms with Crippen LogP contribution in [0.15, 0.2) is 36.4 Å². The average molecular weight is 352 g/mol. The summed E-state index contributed by atoms with van der Waals surface area (Å²) in [4.78, 5) is 16.7. The predicted octanol–water partition coefficient (Wildman–Crippen LogP) is 3.85. The smallest absolute Gasteiger partial charge is 0.369 e. The lowest BCUT2D eigenvalue weighted by Gasteiger charge is -2.30. The topological polar surface area (TPSA) is 51.2 Å². The van der Waals surface area contributed by atoms with Crippen LogP contribution in [0.3, 0.4) is 0 Å². The van der Waals surface area contributed by atoms with Crippen LogP contribution in [-0.2, 0) is 4.74 Å². The van der Waals surface area contributed by atoms with Gasteiger partial charge in [0.1, 0.15) is 12.3 Å². The van der Waals surface area contributed by atoms with Gasteiger partial charge in [0, 0.05) is 11.4 Å². The third-order valence-corrected chi connectivity index (χ3v) is 4.28. The fraction of sp³-hybridized carbons (Fsp3) is 0.444. The number of carbonyl (C=O) groups is 1. The highest BCUT2D eigenvalue weighted by molar-refractivity contribution is 5.95. The molecule has 0 bridgehead atoms. The van der Waals surface area contributed by atoms with Gasteiger partial charge in [-0.1, -0.05) is 24.3 Å². The van der Waals surface area contributed by atoms with Crippen molar-refractivity contribution in [1.82, 2.24) is 10.3 Å². The quantitative estimate of drug-likeness (QED) is 0.909. The number of benzene rings is 1. The van der Waals surface area contributed by atoms with Crippen molar-refractivity contribution in [2.45, 2.75) is 44.0 Å². The summed E-state index contributed by atoms with van der Waals surface area (Å²) in [7, 11) is 0. The molecule has 134 valence electrons. The van der Waals surface area contributed by atoms with E-state index in [2.05, 4.69) is 10.3 Å². The summed E-state index contributed by atoms with van der Waals surface area (Å²) in [6, 6.07) is 10.8. The van der Waals surface area contributed by atoms with Crippen LogP contribution in [0.1, 0.15) is 36.2 Å². The molecule has 2 atom stereocenters. The van der Waals surface area contributed by atoms with Crippen LogP contribution in [0.25, 0.3) is 10.9 Å². The number of halogens is 3. The molecule has 1 saturated carbocycles. The van der Waals surface area contributed by atoms with Gasteiger partial charge in [0.2, 0.25) is 0 Å². The van der Waals surface area contributed by atoms with Crippen molar-refractivity contribution >= 4 is 16.8 Å². The molecule has 0 radical (unpaired) electrons. The fourth-order valence-corrected chi connectivity index (χ4v) is 3.09. The lowest BCUT2D eigenvalue weighted by Crippen LogP contribution is -2.41. The minimum atomic E-state index is -4.33. The predicted molar refractivity (Wildman–Crippen MR) is 87.3 cm³/mol. The average Bonchev–Trinajstić information content (AvgIpc) is 2.59. The number of carbonyl (C=O) groups excluding carboxylic acids is 1. The first-order chi connectivity index (χ1) is 11.9. The Balaban J connectivity index is 1.59. The van der Waals surface area contributed by atoms with E-state index in [1.165, 1.54) is 0 Å². The van der Waals surface area contributed by atoms with E-state index < -0.39 is 18.9 Å². The van der Waals surface area contributed by atoms with Gasteiger partial charge in [0.15, 0.2) is 0 Å². The minimum Gasteiger partial charge on any atom is -0.369 e. The van der Waals surface area contributed by atoms with Crippen LogP contribution in [-0.4, -0.2) is 35.8 Å². The van der Waals surface area contributed by atoms with Crippen LogP contribution in [0.2, 0.25) is 0 Å². The van der Waals surface area contributed by atoms with Crippen molar-refractivity contribution in [2.24, 2.45) is 0 Å². The number of alkyl halides is 3. The Morgan fingerprint density at radius 3 is 2.80 bits per heavy atom. The molecule has 0 aliphatic heterocycles. The Bertz CT molecular complexity index is 748. The Kier molecular flexibility index (Phi) is 5.22. The molecule has 1 amide bonds. The van der Waals surface area contributed by atoms with E-state index in [9.17, 15) is 18.0 Å². The Hall–Kier alpha value is -2.15. The number of amides is 1. The molecule has 0 saturated heterocycles. The zero-order valence-corrected chi connectivity index (χ0v) is 13.6. The van der Waals surface area contributed by atoms with Gasteiger partial charge in [-0.3, -0.25) is 4.79 Å². The van der Waals surface area contributed by atoms with Gasteiger partial charge in [-0.05, 0) is 37.8 Å². The Morgan fingerprint density at radius 1 is 1.20 bits per heavy atom. The van der Waals surface area contributed by atoms with E-state index in [0.717, 1.165) is 23.7 Å². The highest BCUT2D eigenvalue weighted by Gasteiger charge is 2.31. The third kappa shape index (κ3) is 4.92. The van der Waals surface area contributed by atoms with Crippen molar-refractivity contribution in [3.8, 4) is 0 Å². The molecular formula is C18H19F3N2O2. The van der Waals surface area contributed by atoms with Gasteiger partial charge in [-0.25, -0.2) is 4.98 Å². The summed E-state index contributed by atoms with van der Waals surface area (Å²) in [5.41, 5.74) is 1.03. The molecule has 1 aromatic heterocycles. The zero-order valence-electron chi connectivity index (χ0n) is 13.6. The maximum absolute atomic E-state index is 12.4. The van der Waals surface area contributed by atoms with Crippen molar-refractivity contribution < 1.29 is 22.7 Å². The maximum atomic E-state index is 12.4. The van der Waals surface area contributed by atoms with Crippen LogP contribution < -0.4 is 5.32 Å². The highest BCUT2D eigenvalue weighted by Crippen LogP contribution is 2.24. The maximum Gasteiger partial charge on any atom is 0.411 e. The van der Waals surface area contributed by atoms with Gasteiger partial charge in [-0.15, -0.1) is 0 Å². The minimum absolute atomic E-state index is 0.201. The standard InChI is InChI=1S/C18H19F3N2O2/c19-18(20,21)11-25-14-6-3-5-13(10-14)22-17(24)16-9-8-12-4-1-2-7-15(12)23-16/h1-2,4,7-9,13-14H,3,5-6,10-11H2,(H,22,24)/t13-,14+/m1/s1. The second-order valence-corrected chi connectivity index (χ2v) is 6.27. The summed E-state index contributed by atoms with van der Waals surface area (Å²) in [6.07, 6.45) is -2.40. The molecule has 0 unspecified atom stereocenters. The van der Waals surface area contributed by atoms with E-state index in [-0.39, 0.29) is 11.9 Å². The highest BCUT2D eigenvalue weighted by atomic mass is 19.4. The first-order valence-corrected chi connectivity index (χ1v) is 8.26. The van der Waals surface area contributed by atoms with Crippen LogP contribution in [0.4, 0.5) is 13.2 Å². The Morgan fingerprint density at radius 2 is 2.00 bits per heavy atom. The number of hydrogen-bond donors (Lipinski definition) is 1. The zero-order chi connectivity index (χ0) is 17.9. The fourth-order valence-electron chi connectivity index (χ4n) is 3.09. The monoisotopic (exact) mass is 352 g/mol. The van der Waals surface area contributed by atoms with Crippen molar-refractivity contribution in [2.75, 3.05) is 6.61 Å².